The Morgan fingerprint density at radius 1 is 1.58 bits per heavy atom. The number of halogens is 1. The van der Waals surface area contributed by atoms with Crippen LogP contribution in [0.5, 0.6) is 0 Å². The van der Waals surface area contributed by atoms with E-state index in [9.17, 15) is 4.79 Å². The summed E-state index contributed by atoms with van der Waals surface area (Å²) in [5.41, 5.74) is 0.669. The number of rotatable bonds is 5. The maximum absolute atomic E-state index is 12.1. The molecule has 19 heavy (non-hydrogen) atoms. The van der Waals surface area contributed by atoms with Crippen LogP contribution < -0.4 is 10.9 Å². The van der Waals surface area contributed by atoms with Crippen molar-refractivity contribution in [2.45, 2.75) is 51.8 Å². The fourth-order valence-corrected chi connectivity index (χ4v) is 2.59. The minimum Gasteiger partial charge on any atom is -0.380 e. The molecule has 1 aliphatic carbocycles. The van der Waals surface area contributed by atoms with Crippen molar-refractivity contribution in [3.05, 3.63) is 21.0 Å². The Kier molecular flexibility index (Phi) is 4.62. The van der Waals surface area contributed by atoms with E-state index >= 15 is 0 Å². The number of aromatic nitrogens is 2. The van der Waals surface area contributed by atoms with Gasteiger partial charge < -0.3 is 10.1 Å². The second-order valence-electron chi connectivity index (χ2n) is 5.11. The Bertz CT molecular complexity index is 495. The first-order valence-corrected chi connectivity index (χ1v) is 7.47. The third-order valence-corrected chi connectivity index (χ3v) is 4.06. The molecule has 1 saturated carbocycles. The molecule has 2 rings (SSSR count). The molecule has 1 aromatic rings. The van der Waals surface area contributed by atoms with Crippen LogP contribution >= 0.6 is 15.9 Å². The summed E-state index contributed by atoms with van der Waals surface area (Å²) in [6, 6.07) is 0.424. The Morgan fingerprint density at radius 2 is 2.26 bits per heavy atom. The van der Waals surface area contributed by atoms with Crippen LogP contribution in [0, 0.1) is 0 Å². The van der Waals surface area contributed by atoms with E-state index in [-0.39, 0.29) is 11.6 Å². The Balaban J connectivity index is 2.03. The van der Waals surface area contributed by atoms with Gasteiger partial charge in [-0.05, 0) is 49.5 Å². The molecule has 0 saturated heterocycles. The zero-order valence-corrected chi connectivity index (χ0v) is 13.1. The van der Waals surface area contributed by atoms with Crippen molar-refractivity contribution in [3.8, 4) is 0 Å². The van der Waals surface area contributed by atoms with Crippen LogP contribution in [-0.2, 0) is 4.74 Å². The summed E-state index contributed by atoms with van der Waals surface area (Å²) >= 11 is 3.36. The first-order valence-electron chi connectivity index (χ1n) is 6.68. The summed E-state index contributed by atoms with van der Waals surface area (Å²) in [6.07, 6.45) is 4.02. The van der Waals surface area contributed by atoms with Gasteiger partial charge in [-0.2, -0.15) is 5.10 Å². The molecule has 0 atom stereocenters. The molecule has 106 valence electrons. The van der Waals surface area contributed by atoms with Crippen molar-refractivity contribution >= 4 is 21.6 Å². The van der Waals surface area contributed by atoms with Gasteiger partial charge in [-0.25, -0.2) is 4.68 Å². The molecular formula is C13H20BrN3O2. The second-order valence-corrected chi connectivity index (χ2v) is 5.90. The van der Waals surface area contributed by atoms with E-state index in [1.54, 1.807) is 6.20 Å². The molecule has 0 radical (unpaired) electrons. The van der Waals surface area contributed by atoms with Crippen LogP contribution in [0.1, 0.15) is 39.7 Å². The lowest BCUT2D eigenvalue weighted by atomic mass is 9.89. The highest BCUT2D eigenvalue weighted by Crippen LogP contribution is 2.28. The van der Waals surface area contributed by atoms with E-state index in [0.29, 0.717) is 16.6 Å². The maximum atomic E-state index is 12.1. The molecule has 0 spiro atoms. The smallest absolute Gasteiger partial charge is 0.283 e. The van der Waals surface area contributed by atoms with Crippen LogP contribution in [0.3, 0.4) is 0 Å². The molecule has 0 amide bonds. The SMILES string of the molecule is CCOC1CC(Nc2cnn(C(C)C)c(=O)c2Br)C1. The van der Waals surface area contributed by atoms with Crippen LogP contribution in [0.25, 0.3) is 0 Å². The van der Waals surface area contributed by atoms with Crippen molar-refractivity contribution < 1.29 is 4.74 Å². The van der Waals surface area contributed by atoms with Gasteiger partial charge in [0.05, 0.1) is 24.0 Å². The monoisotopic (exact) mass is 329 g/mol. The molecule has 1 aromatic heterocycles. The number of hydrogen-bond donors (Lipinski definition) is 1. The number of hydrogen-bond acceptors (Lipinski definition) is 4. The predicted octanol–water partition coefficient (Wildman–Crippen LogP) is 2.57. The number of nitrogens with one attached hydrogen (secondary N) is 1. The highest BCUT2D eigenvalue weighted by molar-refractivity contribution is 9.10. The van der Waals surface area contributed by atoms with Crippen molar-refractivity contribution in [1.82, 2.24) is 9.78 Å². The van der Waals surface area contributed by atoms with Gasteiger partial charge in [0, 0.05) is 12.6 Å². The van der Waals surface area contributed by atoms with Gasteiger partial charge in [0.1, 0.15) is 4.47 Å². The van der Waals surface area contributed by atoms with E-state index in [1.165, 1.54) is 4.68 Å². The first kappa shape index (κ1) is 14.5. The minimum atomic E-state index is -0.0966. The van der Waals surface area contributed by atoms with E-state index < -0.39 is 0 Å². The third kappa shape index (κ3) is 3.17. The lowest BCUT2D eigenvalue weighted by molar-refractivity contribution is 0.00297. The highest BCUT2D eigenvalue weighted by atomic mass is 79.9. The summed E-state index contributed by atoms with van der Waals surface area (Å²) in [7, 11) is 0. The summed E-state index contributed by atoms with van der Waals surface area (Å²) in [5.74, 6) is 0. The van der Waals surface area contributed by atoms with Gasteiger partial charge in [-0.15, -0.1) is 0 Å². The lowest BCUT2D eigenvalue weighted by Crippen LogP contribution is -2.41. The summed E-state index contributed by atoms with van der Waals surface area (Å²) < 4.78 is 7.54. The van der Waals surface area contributed by atoms with Crippen LogP contribution in [-0.4, -0.2) is 28.5 Å². The number of nitrogens with zero attached hydrogens (tertiary/aromatic N) is 2. The zero-order chi connectivity index (χ0) is 14.0. The van der Waals surface area contributed by atoms with E-state index in [4.69, 9.17) is 4.74 Å². The van der Waals surface area contributed by atoms with Gasteiger partial charge in [-0.3, -0.25) is 4.79 Å². The Hall–Kier alpha value is -0.880. The normalized spacial score (nSPS) is 22.4. The topological polar surface area (TPSA) is 56.1 Å². The molecule has 0 bridgehead atoms. The van der Waals surface area contributed by atoms with E-state index in [0.717, 1.165) is 25.1 Å². The number of ether oxygens (including phenoxy) is 1. The van der Waals surface area contributed by atoms with Crippen LogP contribution in [0.15, 0.2) is 15.5 Å². The van der Waals surface area contributed by atoms with Gasteiger partial charge in [0.25, 0.3) is 5.56 Å². The fourth-order valence-electron chi connectivity index (χ4n) is 2.19. The summed E-state index contributed by atoms with van der Waals surface area (Å²) in [5, 5.41) is 7.53. The quantitative estimate of drug-likeness (QED) is 0.902. The maximum Gasteiger partial charge on any atom is 0.283 e. The van der Waals surface area contributed by atoms with Gasteiger partial charge in [0.2, 0.25) is 0 Å². The van der Waals surface area contributed by atoms with Crippen molar-refractivity contribution in [2.24, 2.45) is 0 Å². The third-order valence-electron chi connectivity index (χ3n) is 3.29. The van der Waals surface area contributed by atoms with E-state index in [1.807, 2.05) is 20.8 Å². The van der Waals surface area contributed by atoms with E-state index in [2.05, 4.69) is 26.3 Å². The Morgan fingerprint density at radius 3 is 2.84 bits per heavy atom. The highest BCUT2D eigenvalue weighted by Gasteiger charge is 2.30. The molecule has 1 fully saturated rings. The summed E-state index contributed by atoms with van der Waals surface area (Å²) in [6.45, 7) is 6.64. The average molecular weight is 330 g/mol. The van der Waals surface area contributed by atoms with Crippen molar-refractivity contribution in [3.63, 3.8) is 0 Å². The molecule has 0 aromatic carbocycles. The van der Waals surface area contributed by atoms with Gasteiger partial charge >= 0.3 is 0 Å². The van der Waals surface area contributed by atoms with Gasteiger partial charge in [0.15, 0.2) is 0 Å². The second kappa shape index (κ2) is 6.05. The Labute approximate surface area is 121 Å². The molecule has 1 N–H and O–H groups in total. The molecule has 6 heteroatoms. The summed E-state index contributed by atoms with van der Waals surface area (Å²) in [4.78, 5) is 12.1. The molecule has 5 nitrogen and oxygen atoms in total. The lowest BCUT2D eigenvalue weighted by Gasteiger charge is -2.36. The fraction of sp³-hybridized carbons (Fsp3) is 0.692. The van der Waals surface area contributed by atoms with Crippen molar-refractivity contribution in [1.29, 1.82) is 0 Å². The molecule has 0 unspecified atom stereocenters. The predicted molar refractivity (Wildman–Crippen MR) is 78.6 cm³/mol. The zero-order valence-electron chi connectivity index (χ0n) is 11.5. The van der Waals surface area contributed by atoms with Crippen LogP contribution in [0.2, 0.25) is 0 Å². The standard InChI is InChI=1S/C13H20BrN3O2/c1-4-19-10-5-9(6-10)16-11-7-15-17(8(2)3)13(18)12(11)14/h7-10,16H,4-6H2,1-3H3. The molecular weight excluding hydrogens is 310 g/mol. The van der Waals surface area contributed by atoms with Crippen molar-refractivity contribution in [2.75, 3.05) is 11.9 Å². The average Bonchev–Trinajstić information content (AvgIpc) is 2.31. The first-order chi connectivity index (χ1) is 9.02. The van der Waals surface area contributed by atoms with Crippen LogP contribution in [0.4, 0.5) is 5.69 Å². The minimum absolute atomic E-state index is 0.0592. The molecule has 0 aliphatic heterocycles. The largest absolute Gasteiger partial charge is 0.380 e. The van der Waals surface area contributed by atoms with Gasteiger partial charge in [-0.1, -0.05) is 0 Å². The molecule has 1 aliphatic rings. The molecule has 1 heterocycles. The number of anilines is 1.